The minimum atomic E-state index is 0.568. The van der Waals surface area contributed by atoms with E-state index in [2.05, 4.69) is 20.5 Å². The van der Waals surface area contributed by atoms with Crippen LogP contribution in [-0.4, -0.2) is 39.8 Å². The highest BCUT2D eigenvalue weighted by molar-refractivity contribution is 7.80. The molecule has 2 aromatic rings. The molecule has 0 aliphatic carbocycles. The molecule has 0 fully saturated rings. The Labute approximate surface area is 129 Å². The van der Waals surface area contributed by atoms with Crippen molar-refractivity contribution in [2.24, 2.45) is 5.10 Å². The van der Waals surface area contributed by atoms with Crippen LogP contribution in [0, 0.1) is 0 Å². The first-order valence-electron chi connectivity index (χ1n) is 6.61. The fraction of sp³-hybridized carbons (Fsp3) is 0.200. The molecule has 2 heterocycles. The molecule has 0 aliphatic heterocycles. The van der Waals surface area contributed by atoms with Crippen LogP contribution in [0.5, 0.6) is 0 Å². The fourth-order valence-electron chi connectivity index (χ4n) is 1.62. The van der Waals surface area contributed by atoms with E-state index < -0.39 is 0 Å². The van der Waals surface area contributed by atoms with Crippen molar-refractivity contribution in [1.82, 2.24) is 20.3 Å². The maximum Gasteiger partial charge on any atom is 0.189 e. The lowest BCUT2D eigenvalue weighted by molar-refractivity contribution is 0.496. The Balaban J connectivity index is 1.76. The average molecular weight is 299 g/mol. The molecule has 5 nitrogen and oxygen atoms in total. The van der Waals surface area contributed by atoms with Crippen LogP contribution in [0.15, 0.2) is 53.9 Å². The summed E-state index contributed by atoms with van der Waals surface area (Å²) in [7, 11) is 1.93. The molecule has 0 saturated carbocycles. The lowest BCUT2D eigenvalue weighted by atomic mass is 10.2. The van der Waals surface area contributed by atoms with Gasteiger partial charge in [0, 0.05) is 38.1 Å². The predicted octanol–water partition coefficient (Wildman–Crippen LogP) is 1.86. The van der Waals surface area contributed by atoms with Crippen LogP contribution in [-0.2, 0) is 6.42 Å². The molecule has 1 N–H and O–H groups in total. The minimum absolute atomic E-state index is 0.568. The summed E-state index contributed by atoms with van der Waals surface area (Å²) in [5.41, 5.74) is 4.66. The predicted molar refractivity (Wildman–Crippen MR) is 88.1 cm³/mol. The van der Waals surface area contributed by atoms with Crippen molar-refractivity contribution in [2.75, 3.05) is 13.6 Å². The van der Waals surface area contributed by atoms with Crippen molar-refractivity contribution < 1.29 is 0 Å². The third-order valence-corrected chi connectivity index (χ3v) is 3.22. The lowest BCUT2D eigenvalue weighted by Gasteiger charge is -2.18. The van der Waals surface area contributed by atoms with Crippen molar-refractivity contribution in [1.29, 1.82) is 0 Å². The molecule has 0 aliphatic rings. The highest BCUT2D eigenvalue weighted by Crippen LogP contribution is 1.97. The number of rotatable bonds is 5. The monoisotopic (exact) mass is 299 g/mol. The van der Waals surface area contributed by atoms with Gasteiger partial charge in [-0.3, -0.25) is 15.4 Å². The van der Waals surface area contributed by atoms with Gasteiger partial charge in [-0.15, -0.1) is 0 Å². The standard InChI is InChI=1S/C15H17N5S/c1-20(11-8-13-6-2-4-9-16-13)15(21)19-18-12-14-7-3-5-10-17-14/h2-7,9-10,12H,8,11H2,1H3,(H,19,21). The molecule has 0 spiro atoms. The number of pyridine rings is 2. The zero-order valence-electron chi connectivity index (χ0n) is 11.8. The topological polar surface area (TPSA) is 53.4 Å². The smallest absolute Gasteiger partial charge is 0.189 e. The number of aromatic nitrogens is 2. The van der Waals surface area contributed by atoms with Gasteiger partial charge in [0.25, 0.3) is 0 Å². The zero-order valence-corrected chi connectivity index (χ0v) is 12.6. The van der Waals surface area contributed by atoms with Crippen molar-refractivity contribution in [3.05, 3.63) is 60.2 Å². The van der Waals surface area contributed by atoms with Gasteiger partial charge in [0.15, 0.2) is 5.11 Å². The van der Waals surface area contributed by atoms with Gasteiger partial charge in [-0.1, -0.05) is 12.1 Å². The zero-order chi connectivity index (χ0) is 14.9. The van der Waals surface area contributed by atoms with Gasteiger partial charge in [0.1, 0.15) is 0 Å². The highest BCUT2D eigenvalue weighted by atomic mass is 32.1. The SMILES string of the molecule is CN(CCc1ccccn1)C(=S)NN=Cc1ccccn1. The van der Waals surface area contributed by atoms with Crippen molar-refractivity contribution >= 4 is 23.5 Å². The van der Waals surface area contributed by atoms with E-state index in [1.165, 1.54) is 0 Å². The summed E-state index contributed by atoms with van der Waals surface area (Å²) in [5, 5.41) is 4.65. The first-order chi connectivity index (χ1) is 10.3. The number of nitrogens with one attached hydrogen (secondary N) is 1. The fourth-order valence-corrected chi connectivity index (χ4v) is 1.77. The molecule has 0 saturated heterocycles. The molecule has 2 rings (SSSR count). The van der Waals surface area contributed by atoms with Crippen LogP contribution in [0.4, 0.5) is 0 Å². The van der Waals surface area contributed by atoms with Gasteiger partial charge < -0.3 is 4.90 Å². The Morgan fingerprint density at radius 2 is 2.00 bits per heavy atom. The summed E-state index contributed by atoms with van der Waals surface area (Å²) < 4.78 is 0. The van der Waals surface area contributed by atoms with E-state index in [9.17, 15) is 0 Å². The Morgan fingerprint density at radius 3 is 2.67 bits per heavy atom. The Bertz CT molecular complexity index is 586. The van der Waals surface area contributed by atoms with E-state index >= 15 is 0 Å². The Hall–Kier alpha value is -2.34. The van der Waals surface area contributed by atoms with Gasteiger partial charge in [-0.2, -0.15) is 5.10 Å². The molecule has 0 radical (unpaired) electrons. The number of hydrogen-bond acceptors (Lipinski definition) is 4. The van der Waals surface area contributed by atoms with Crippen molar-refractivity contribution in [2.45, 2.75) is 6.42 Å². The molecule has 2 aromatic heterocycles. The second-order valence-electron chi connectivity index (χ2n) is 4.42. The van der Waals surface area contributed by atoms with Gasteiger partial charge in [-0.05, 0) is 36.5 Å². The third kappa shape index (κ3) is 5.27. The first-order valence-corrected chi connectivity index (χ1v) is 7.01. The molecule has 6 heteroatoms. The van der Waals surface area contributed by atoms with Crippen LogP contribution < -0.4 is 5.43 Å². The van der Waals surface area contributed by atoms with Crippen molar-refractivity contribution in [3.63, 3.8) is 0 Å². The average Bonchev–Trinajstić information content (AvgIpc) is 2.54. The van der Waals surface area contributed by atoms with E-state index in [4.69, 9.17) is 12.2 Å². The maximum absolute atomic E-state index is 5.27. The van der Waals surface area contributed by atoms with Gasteiger partial charge in [-0.25, -0.2) is 0 Å². The summed E-state index contributed by atoms with van der Waals surface area (Å²) in [6, 6.07) is 11.5. The van der Waals surface area contributed by atoms with Crippen molar-refractivity contribution in [3.8, 4) is 0 Å². The lowest BCUT2D eigenvalue weighted by Crippen LogP contribution is -2.35. The summed E-state index contributed by atoms with van der Waals surface area (Å²) in [4.78, 5) is 10.4. The summed E-state index contributed by atoms with van der Waals surface area (Å²) in [6.07, 6.45) is 5.99. The quantitative estimate of drug-likeness (QED) is 0.519. The van der Waals surface area contributed by atoms with Crippen LogP contribution in [0.2, 0.25) is 0 Å². The molecular weight excluding hydrogens is 282 g/mol. The second-order valence-corrected chi connectivity index (χ2v) is 4.81. The van der Waals surface area contributed by atoms with Gasteiger partial charge >= 0.3 is 0 Å². The largest absolute Gasteiger partial charge is 0.351 e. The number of nitrogens with zero attached hydrogens (tertiary/aromatic N) is 4. The maximum atomic E-state index is 5.27. The van der Waals surface area contributed by atoms with E-state index in [0.29, 0.717) is 5.11 Å². The van der Waals surface area contributed by atoms with Crippen LogP contribution in [0.25, 0.3) is 0 Å². The van der Waals surface area contributed by atoms with Gasteiger partial charge in [0.2, 0.25) is 0 Å². The molecule has 0 unspecified atom stereocenters. The van der Waals surface area contributed by atoms with Crippen LogP contribution in [0.1, 0.15) is 11.4 Å². The molecular formula is C15H17N5S. The summed E-state index contributed by atoms with van der Waals surface area (Å²) in [5.74, 6) is 0. The number of thiocarbonyl (C=S) groups is 1. The Kier molecular flexibility index (Phi) is 5.78. The number of likely N-dealkylation sites (N-methyl/N-ethyl adjacent to an activating group) is 1. The minimum Gasteiger partial charge on any atom is -0.351 e. The third-order valence-electron chi connectivity index (χ3n) is 2.82. The Morgan fingerprint density at radius 1 is 1.24 bits per heavy atom. The highest BCUT2D eigenvalue weighted by Gasteiger charge is 2.03. The molecule has 108 valence electrons. The molecule has 21 heavy (non-hydrogen) atoms. The molecule has 0 bridgehead atoms. The van der Waals surface area contributed by atoms with E-state index in [0.717, 1.165) is 24.4 Å². The number of hydrogen-bond donors (Lipinski definition) is 1. The van der Waals surface area contributed by atoms with Gasteiger partial charge in [0.05, 0.1) is 11.9 Å². The number of hydrazone groups is 1. The summed E-state index contributed by atoms with van der Waals surface area (Å²) in [6.45, 7) is 0.780. The molecule has 0 atom stereocenters. The van der Waals surface area contributed by atoms with Crippen LogP contribution in [0.3, 0.4) is 0 Å². The van der Waals surface area contributed by atoms with E-state index in [-0.39, 0.29) is 0 Å². The van der Waals surface area contributed by atoms with E-state index in [1.807, 2.05) is 48.3 Å². The van der Waals surface area contributed by atoms with E-state index in [1.54, 1.807) is 18.6 Å². The normalized spacial score (nSPS) is 10.5. The summed E-state index contributed by atoms with van der Waals surface area (Å²) >= 11 is 5.27. The molecule has 0 aromatic carbocycles. The van der Waals surface area contributed by atoms with Crippen LogP contribution >= 0.6 is 12.2 Å². The second kappa shape index (κ2) is 8.06. The first kappa shape index (κ1) is 15.1. The molecule has 0 amide bonds.